The quantitative estimate of drug-likeness (QED) is 0.857. The van der Waals surface area contributed by atoms with Gasteiger partial charge in [0.1, 0.15) is 11.3 Å². The lowest BCUT2D eigenvalue weighted by molar-refractivity contribution is -0.123. The molecule has 1 atom stereocenters. The maximum absolute atomic E-state index is 12.1. The molecule has 1 aliphatic carbocycles. The molecule has 0 aliphatic heterocycles. The summed E-state index contributed by atoms with van der Waals surface area (Å²) in [5.41, 5.74) is 2.99. The van der Waals surface area contributed by atoms with Crippen molar-refractivity contribution in [2.24, 2.45) is 0 Å². The van der Waals surface area contributed by atoms with Gasteiger partial charge < -0.3 is 14.5 Å². The summed E-state index contributed by atoms with van der Waals surface area (Å²) in [6, 6.07) is 3.87. The number of carbonyl (C=O) groups excluding carboxylic acids is 1. The Morgan fingerprint density at radius 1 is 1.33 bits per heavy atom. The van der Waals surface area contributed by atoms with E-state index in [0.717, 1.165) is 47.8 Å². The van der Waals surface area contributed by atoms with Crippen LogP contribution in [0, 0.1) is 6.92 Å². The fourth-order valence-electron chi connectivity index (χ4n) is 3.18. The average Bonchev–Trinajstić information content (AvgIpc) is 3.02. The van der Waals surface area contributed by atoms with E-state index in [-0.39, 0.29) is 24.2 Å². The predicted molar refractivity (Wildman–Crippen MR) is 92.6 cm³/mol. The summed E-state index contributed by atoms with van der Waals surface area (Å²) in [4.78, 5) is 24.1. The topological polar surface area (TPSA) is 68.5 Å². The Hall–Kier alpha value is -2.30. The second-order valence-electron chi connectivity index (χ2n) is 6.50. The highest BCUT2D eigenvalue weighted by Gasteiger charge is 2.22. The molecule has 5 heteroatoms. The number of fused-ring (bicyclic) bond motifs is 3. The number of amides is 1. The molecule has 1 aromatic heterocycles. The maximum Gasteiger partial charge on any atom is 0.339 e. The van der Waals surface area contributed by atoms with Gasteiger partial charge in [0.15, 0.2) is 6.61 Å². The summed E-state index contributed by atoms with van der Waals surface area (Å²) >= 11 is 0. The lowest BCUT2D eigenvalue weighted by Crippen LogP contribution is -2.35. The van der Waals surface area contributed by atoms with Gasteiger partial charge in [-0.1, -0.05) is 6.92 Å². The summed E-state index contributed by atoms with van der Waals surface area (Å²) in [7, 11) is 0. The third-order valence-corrected chi connectivity index (χ3v) is 4.56. The first-order valence-corrected chi connectivity index (χ1v) is 8.51. The number of nitrogens with one attached hydrogen (secondary N) is 1. The number of hydrogen-bond donors (Lipinski definition) is 1. The van der Waals surface area contributed by atoms with Crippen LogP contribution in [0.4, 0.5) is 0 Å². The Morgan fingerprint density at radius 2 is 2.08 bits per heavy atom. The first-order valence-electron chi connectivity index (χ1n) is 8.51. The summed E-state index contributed by atoms with van der Waals surface area (Å²) in [5, 5.41) is 3.72. The van der Waals surface area contributed by atoms with Gasteiger partial charge >= 0.3 is 5.63 Å². The van der Waals surface area contributed by atoms with Gasteiger partial charge in [0, 0.05) is 11.6 Å². The zero-order chi connectivity index (χ0) is 17.3. The van der Waals surface area contributed by atoms with Crippen molar-refractivity contribution in [2.75, 3.05) is 6.61 Å². The summed E-state index contributed by atoms with van der Waals surface area (Å²) < 4.78 is 11.3. The lowest BCUT2D eigenvalue weighted by Gasteiger charge is -2.14. The number of rotatable bonds is 5. The molecule has 1 N–H and O–H groups in total. The Labute approximate surface area is 141 Å². The summed E-state index contributed by atoms with van der Waals surface area (Å²) in [6.07, 6.45) is 3.41. The Kier molecular flexibility index (Phi) is 4.60. The van der Waals surface area contributed by atoms with E-state index in [4.69, 9.17) is 9.15 Å². The smallest absolute Gasteiger partial charge is 0.339 e. The van der Waals surface area contributed by atoms with E-state index in [1.165, 1.54) is 0 Å². The van der Waals surface area contributed by atoms with Gasteiger partial charge in [0.05, 0.1) is 5.39 Å². The van der Waals surface area contributed by atoms with Crippen molar-refractivity contribution in [1.82, 2.24) is 5.32 Å². The van der Waals surface area contributed by atoms with Crippen LogP contribution >= 0.6 is 0 Å². The molecule has 1 aromatic carbocycles. The maximum atomic E-state index is 12.1. The lowest BCUT2D eigenvalue weighted by atomic mass is 10.0. The first-order chi connectivity index (χ1) is 11.5. The van der Waals surface area contributed by atoms with Crippen LogP contribution < -0.4 is 15.7 Å². The molecule has 1 unspecified atom stereocenters. The number of benzene rings is 1. The van der Waals surface area contributed by atoms with Crippen molar-refractivity contribution in [3.63, 3.8) is 0 Å². The van der Waals surface area contributed by atoms with E-state index >= 15 is 0 Å². The van der Waals surface area contributed by atoms with E-state index in [1.54, 1.807) is 0 Å². The molecule has 24 heavy (non-hydrogen) atoms. The highest BCUT2D eigenvalue weighted by molar-refractivity contribution is 5.89. The number of aryl methyl sites for hydroxylation is 2. The fourth-order valence-corrected chi connectivity index (χ4v) is 3.18. The zero-order valence-electron chi connectivity index (χ0n) is 14.4. The Balaban J connectivity index is 1.94. The van der Waals surface area contributed by atoms with Gasteiger partial charge in [-0.2, -0.15) is 0 Å². The van der Waals surface area contributed by atoms with Crippen LogP contribution in [-0.4, -0.2) is 18.6 Å². The largest absolute Gasteiger partial charge is 0.483 e. The summed E-state index contributed by atoms with van der Waals surface area (Å²) in [6.45, 7) is 5.85. The normalized spacial score (nSPS) is 14.5. The van der Waals surface area contributed by atoms with Crippen LogP contribution in [0.2, 0.25) is 0 Å². The molecule has 2 aromatic rings. The second kappa shape index (κ2) is 6.67. The number of hydrogen-bond acceptors (Lipinski definition) is 4. The van der Waals surface area contributed by atoms with Crippen molar-refractivity contribution >= 4 is 16.9 Å². The van der Waals surface area contributed by atoms with Crippen molar-refractivity contribution < 1.29 is 13.9 Å². The monoisotopic (exact) mass is 329 g/mol. The van der Waals surface area contributed by atoms with Crippen LogP contribution in [0.25, 0.3) is 11.0 Å². The molecule has 0 saturated heterocycles. The van der Waals surface area contributed by atoms with Gasteiger partial charge in [0.2, 0.25) is 0 Å². The van der Waals surface area contributed by atoms with Gasteiger partial charge in [0.25, 0.3) is 5.91 Å². The molecule has 1 amide bonds. The van der Waals surface area contributed by atoms with Gasteiger partial charge in [-0.25, -0.2) is 4.79 Å². The third kappa shape index (κ3) is 3.16. The van der Waals surface area contributed by atoms with Crippen molar-refractivity contribution in [3.8, 4) is 5.75 Å². The molecule has 3 rings (SSSR count). The molecule has 5 nitrogen and oxygen atoms in total. The van der Waals surface area contributed by atoms with Gasteiger partial charge in [-0.15, -0.1) is 0 Å². The van der Waals surface area contributed by atoms with Crippen molar-refractivity contribution in [1.29, 1.82) is 0 Å². The van der Waals surface area contributed by atoms with Crippen LogP contribution in [0.1, 0.15) is 43.4 Å². The minimum Gasteiger partial charge on any atom is -0.483 e. The number of carbonyl (C=O) groups is 1. The minimum absolute atomic E-state index is 0.0448. The zero-order valence-corrected chi connectivity index (χ0v) is 14.4. The molecule has 0 radical (unpaired) electrons. The van der Waals surface area contributed by atoms with Crippen molar-refractivity contribution in [3.05, 3.63) is 39.2 Å². The molecular formula is C19H23NO4. The first kappa shape index (κ1) is 16.6. The van der Waals surface area contributed by atoms with E-state index < -0.39 is 0 Å². The van der Waals surface area contributed by atoms with Gasteiger partial charge in [-0.05, 0) is 62.8 Å². The molecule has 0 bridgehead atoms. The molecule has 1 heterocycles. The molecule has 0 fully saturated rings. The van der Waals surface area contributed by atoms with Crippen LogP contribution in [0.15, 0.2) is 21.3 Å². The summed E-state index contributed by atoms with van der Waals surface area (Å²) in [5.74, 6) is 0.472. The average molecular weight is 329 g/mol. The van der Waals surface area contributed by atoms with Crippen LogP contribution in [0.3, 0.4) is 0 Å². The van der Waals surface area contributed by atoms with Crippen molar-refractivity contribution in [2.45, 2.75) is 52.5 Å². The SMILES string of the molecule is CCC(C)NC(=O)COc1cc(C)cc2oc(=O)c3c(c12)CCC3. The van der Waals surface area contributed by atoms with Crippen LogP contribution in [-0.2, 0) is 17.6 Å². The minimum atomic E-state index is -0.249. The Morgan fingerprint density at radius 3 is 2.83 bits per heavy atom. The van der Waals surface area contributed by atoms with Gasteiger partial charge in [-0.3, -0.25) is 4.79 Å². The molecule has 0 spiro atoms. The van der Waals surface area contributed by atoms with E-state index in [0.29, 0.717) is 11.3 Å². The fraction of sp³-hybridized carbons (Fsp3) is 0.474. The standard InChI is InChI=1S/C19H23NO4/c1-4-12(3)20-17(21)10-23-15-8-11(2)9-16-18(15)13-6-5-7-14(13)19(22)24-16/h8-9,12H,4-7,10H2,1-3H3,(H,20,21). The Bertz CT molecular complexity index is 837. The number of ether oxygens (including phenoxy) is 1. The predicted octanol–water partition coefficient (Wildman–Crippen LogP) is 2.88. The molecule has 128 valence electrons. The van der Waals surface area contributed by atoms with Crippen LogP contribution in [0.5, 0.6) is 5.75 Å². The molecule has 0 saturated carbocycles. The van der Waals surface area contributed by atoms with E-state index in [1.807, 2.05) is 32.9 Å². The second-order valence-corrected chi connectivity index (χ2v) is 6.50. The molecular weight excluding hydrogens is 306 g/mol. The highest BCUT2D eigenvalue weighted by Crippen LogP contribution is 2.35. The van der Waals surface area contributed by atoms with E-state index in [2.05, 4.69) is 5.32 Å². The highest BCUT2D eigenvalue weighted by atomic mass is 16.5. The molecule has 1 aliphatic rings. The van der Waals surface area contributed by atoms with E-state index in [9.17, 15) is 9.59 Å². The third-order valence-electron chi connectivity index (χ3n) is 4.56.